The lowest BCUT2D eigenvalue weighted by molar-refractivity contribution is -0.697. The summed E-state index contributed by atoms with van der Waals surface area (Å²) in [6.45, 7) is 3.22. The van der Waals surface area contributed by atoms with Gasteiger partial charge in [-0.3, -0.25) is 0 Å². The largest absolute Gasteiger partial charge is 0.205 e. The Morgan fingerprint density at radius 3 is 2.50 bits per heavy atom. The molecule has 54 valence electrons. The summed E-state index contributed by atoms with van der Waals surface area (Å²) in [6, 6.07) is 3.80. The summed E-state index contributed by atoms with van der Waals surface area (Å²) in [5.74, 6) is 0. The summed E-state index contributed by atoms with van der Waals surface area (Å²) in [5.41, 5.74) is 0. The fraction of sp³-hybridized carbons (Fsp3) is 0.375. The molecular formula is C8H11ClN+. The predicted molar refractivity (Wildman–Crippen MR) is 41.9 cm³/mol. The maximum absolute atomic E-state index is 5.70. The monoisotopic (exact) mass is 156 g/mol. The highest BCUT2D eigenvalue weighted by Crippen LogP contribution is 2.01. The highest BCUT2D eigenvalue weighted by atomic mass is 35.5. The lowest BCUT2D eigenvalue weighted by Gasteiger charge is -1.91. The summed E-state index contributed by atoms with van der Waals surface area (Å²) in [4.78, 5) is 0. The third-order valence-corrected chi connectivity index (χ3v) is 1.58. The smallest absolute Gasteiger partial charge is 0.170 e. The lowest BCUT2D eigenvalue weighted by Crippen LogP contribution is -2.31. The zero-order chi connectivity index (χ0) is 7.40. The molecule has 0 amide bonds. The first-order valence-electron chi connectivity index (χ1n) is 3.47. The molecule has 0 aromatic carbocycles. The summed E-state index contributed by atoms with van der Waals surface area (Å²) < 4.78 is 2.12. The zero-order valence-electron chi connectivity index (χ0n) is 6.05. The van der Waals surface area contributed by atoms with Crippen molar-refractivity contribution in [2.45, 2.75) is 19.9 Å². The van der Waals surface area contributed by atoms with Crippen LogP contribution in [-0.4, -0.2) is 0 Å². The Bertz CT molecular complexity index is 193. The quantitative estimate of drug-likeness (QED) is 0.577. The second-order valence-electron chi connectivity index (χ2n) is 2.25. The van der Waals surface area contributed by atoms with Crippen molar-refractivity contribution in [1.82, 2.24) is 0 Å². The molecule has 0 aliphatic carbocycles. The van der Waals surface area contributed by atoms with Crippen LogP contribution in [0, 0.1) is 0 Å². The number of aryl methyl sites for hydroxylation is 1. The zero-order valence-corrected chi connectivity index (χ0v) is 6.80. The first kappa shape index (κ1) is 7.55. The second-order valence-corrected chi connectivity index (χ2v) is 2.69. The standard InChI is InChI=1S/C8H11ClN/c1-2-5-10-6-3-8(9)4-7-10/h3-4,6-7H,2,5H2,1H3/q+1. The molecule has 0 radical (unpaired) electrons. The van der Waals surface area contributed by atoms with Crippen LogP contribution in [0.2, 0.25) is 5.02 Å². The Kier molecular flexibility index (Phi) is 2.69. The van der Waals surface area contributed by atoms with Crippen LogP contribution < -0.4 is 4.57 Å². The molecule has 0 unspecified atom stereocenters. The minimum absolute atomic E-state index is 0.798. The van der Waals surface area contributed by atoms with E-state index in [1.54, 1.807) is 0 Å². The SMILES string of the molecule is CCC[n+]1ccc(Cl)cc1. The Morgan fingerprint density at radius 1 is 1.40 bits per heavy atom. The van der Waals surface area contributed by atoms with Crippen LogP contribution in [0.25, 0.3) is 0 Å². The number of rotatable bonds is 2. The molecule has 0 atom stereocenters. The van der Waals surface area contributed by atoms with E-state index in [0.29, 0.717) is 0 Å². The Morgan fingerprint density at radius 2 is 2.00 bits per heavy atom. The van der Waals surface area contributed by atoms with Crippen molar-refractivity contribution in [3.63, 3.8) is 0 Å². The Balaban J connectivity index is 2.69. The van der Waals surface area contributed by atoms with E-state index in [4.69, 9.17) is 11.6 Å². The van der Waals surface area contributed by atoms with Gasteiger partial charge >= 0.3 is 0 Å². The molecule has 0 saturated heterocycles. The Labute approximate surface area is 66.3 Å². The van der Waals surface area contributed by atoms with Crippen LogP contribution in [0.5, 0.6) is 0 Å². The molecule has 1 nitrogen and oxygen atoms in total. The molecular weight excluding hydrogens is 146 g/mol. The number of hydrogen-bond acceptors (Lipinski definition) is 0. The van der Waals surface area contributed by atoms with Gasteiger partial charge in [-0.1, -0.05) is 18.5 Å². The van der Waals surface area contributed by atoms with Crippen molar-refractivity contribution >= 4 is 11.6 Å². The van der Waals surface area contributed by atoms with E-state index in [1.165, 1.54) is 0 Å². The molecule has 1 aromatic rings. The van der Waals surface area contributed by atoms with Gasteiger partial charge in [-0.05, 0) is 0 Å². The molecule has 0 aliphatic rings. The molecule has 2 heteroatoms. The van der Waals surface area contributed by atoms with E-state index >= 15 is 0 Å². The molecule has 0 bridgehead atoms. The van der Waals surface area contributed by atoms with Gasteiger partial charge in [0, 0.05) is 18.6 Å². The van der Waals surface area contributed by atoms with E-state index in [-0.39, 0.29) is 0 Å². The average molecular weight is 157 g/mol. The van der Waals surface area contributed by atoms with Gasteiger partial charge in [0.05, 0.1) is 5.02 Å². The van der Waals surface area contributed by atoms with Crippen molar-refractivity contribution in [1.29, 1.82) is 0 Å². The molecule has 0 spiro atoms. The maximum Gasteiger partial charge on any atom is 0.170 e. The van der Waals surface area contributed by atoms with E-state index in [1.807, 2.05) is 24.5 Å². The van der Waals surface area contributed by atoms with Crippen molar-refractivity contribution in [2.24, 2.45) is 0 Å². The van der Waals surface area contributed by atoms with E-state index in [9.17, 15) is 0 Å². The summed E-state index contributed by atoms with van der Waals surface area (Å²) in [6.07, 6.45) is 5.14. The number of pyridine rings is 1. The van der Waals surface area contributed by atoms with Crippen LogP contribution in [0.4, 0.5) is 0 Å². The van der Waals surface area contributed by atoms with Gasteiger partial charge in [-0.2, -0.15) is 0 Å². The van der Waals surface area contributed by atoms with Gasteiger partial charge < -0.3 is 0 Å². The van der Waals surface area contributed by atoms with Crippen LogP contribution >= 0.6 is 11.6 Å². The molecule has 0 aliphatic heterocycles. The highest BCUT2D eigenvalue weighted by Gasteiger charge is 1.95. The van der Waals surface area contributed by atoms with Crippen LogP contribution in [0.3, 0.4) is 0 Å². The first-order valence-corrected chi connectivity index (χ1v) is 3.85. The van der Waals surface area contributed by atoms with E-state index < -0.39 is 0 Å². The molecule has 0 fully saturated rings. The molecule has 0 N–H and O–H groups in total. The van der Waals surface area contributed by atoms with E-state index in [0.717, 1.165) is 18.0 Å². The fourth-order valence-electron chi connectivity index (χ4n) is 0.846. The Hall–Kier alpha value is -0.560. The average Bonchev–Trinajstić information content (AvgIpc) is 1.95. The maximum atomic E-state index is 5.70. The van der Waals surface area contributed by atoms with Gasteiger partial charge in [0.25, 0.3) is 0 Å². The third-order valence-electron chi connectivity index (χ3n) is 1.33. The summed E-state index contributed by atoms with van der Waals surface area (Å²) in [7, 11) is 0. The first-order chi connectivity index (χ1) is 4.83. The number of nitrogens with zero attached hydrogens (tertiary/aromatic N) is 1. The van der Waals surface area contributed by atoms with Gasteiger partial charge in [-0.25, -0.2) is 4.57 Å². The molecule has 1 aromatic heterocycles. The van der Waals surface area contributed by atoms with Gasteiger partial charge in [0.1, 0.15) is 6.54 Å². The van der Waals surface area contributed by atoms with Gasteiger partial charge in [0.15, 0.2) is 12.4 Å². The minimum Gasteiger partial charge on any atom is -0.205 e. The van der Waals surface area contributed by atoms with Crippen molar-refractivity contribution in [2.75, 3.05) is 0 Å². The van der Waals surface area contributed by atoms with Crippen LogP contribution in [-0.2, 0) is 6.54 Å². The number of aromatic nitrogens is 1. The molecule has 1 heterocycles. The normalized spacial score (nSPS) is 9.80. The van der Waals surface area contributed by atoms with Gasteiger partial charge in [0.2, 0.25) is 0 Å². The number of halogens is 1. The minimum atomic E-state index is 0.798. The second kappa shape index (κ2) is 3.57. The van der Waals surface area contributed by atoms with Gasteiger partial charge in [-0.15, -0.1) is 0 Å². The van der Waals surface area contributed by atoms with Crippen LogP contribution in [0.1, 0.15) is 13.3 Å². The summed E-state index contributed by atoms with van der Waals surface area (Å²) in [5, 5.41) is 0.798. The molecule has 0 saturated carbocycles. The van der Waals surface area contributed by atoms with Crippen LogP contribution in [0.15, 0.2) is 24.5 Å². The van der Waals surface area contributed by atoms with Crippen molar-refractivity contribution in [3.8, 4) is 0 Å². The molecule has 10 heavy (non-hydrogen) atoms. The third kappa shape index (κ3) is 1.99. The highest BCUT2D eigenvalue weighted by molar-refractivity contribution is 6.30. The fourth-order valence-corrected chi connectivity index (χ4v) is 0.959. The topological polar surface area (TPSA) is 3.88 Å². The number of hydrogen-bond donors (Lipinski definition) is 0. The summed E-state index contributed by atoms with van der Waals surface area (Å²) >= 11 is 5.70. The lowest BCUT2D eigenvalue weighted by atomic mass is 10.4. The molecule has 1 rings (SSSR count). The predicted octanol–water partition coefficient (Wildman–Crippen LogP) is 2.04. The van der Waals surface area contributed by atoms with Crippen molar-refractivity contribution in [3.05, 3.63) is 29.5 Å². The van der Waals surface area contributed by atoms with E-state index in [2.05, 4.69) is 11.5 Å². The van der Waals surface area contributed by atoms with Crippen molar-refractivity contribution < 1.29 is 4.57 Å².